The number of urea groups is 1. The molecule has 2 fully saturated rings. The summed E-state index contributed by atoms with van der Waals surface area (Å²) in [5.41, 5.74) is 2.04. The van der Waals surface area contributed by atoms with Crippen molar-refractivity contribution in [3.05, 3.63) is 29.8 Å². The normalized spacial score (nSPS) is 26.1. The van der Waals surface area contributed by atoms with Crippen LogP contribution in [0, 0.1) is 12.8 Å². The Labute approximate surface area is 114 Å². The van der Waals surface area contributed by atoms with Crippen molar-refractivity contribution < 1.29 is 4.79 Å². The highest BCUT2D eigenvalue weighted by molar-refractivity contribution is 5.89. The molecule has 3 rings (SSSR count). The number of carbonyl (C=O) groups is 1. The Bertz CT molecular complexity index is 460. The average Bonchev–Trinajstić information content (AvgIpc) is 2.82. The van der Waals surface area contributed by atoms with Crippen molar-refractivity contribution in [3.63, 3.8) is 0 Å². The second-order valence-electron chi connectivity index (χ2n) is 5.67. The van der Waals surface area contributed by atoms with Crippen LogP contribution in [0.4, 0.5) is 10.5 Å². The molecule has 0 bridgehead atoms. The molecule has 0 aliphatic carbocycles. The molecule has 2 heterocycles. The fraction of sp³-hybridized carbons (Fsp3) is 0.533. The van der Waals surface area contributed by atoms with Crippen LogP contribution in [0.2, 0.25) is 0 Å². The van der Waals surface area contributed by atoms with E-state index in [1.54, 1.807) is 0 Å². The lowest BCUT2D eigenvalue weighted by atomic mass is 9.94. The molecule has 2 N–H and O–H groups in total. The van der Waals surface area contributed by atoms with Crippen LogP contribution in [-0.2, 0) is 0 Å². The second kappa shape index (κ2) is 5.21. The summed E-state index contributed by atoms with van der Waals surface area (Å²) in [6.45, 7) is 4.84. The minimum absolute atomic E-state index is 0.0294. The molecule has 2 atom stereocenters. The average molecular weight is 259 g/mol. The fourth-order valence-electron chi connectivity index (χ4n) is 3.14. The topological polar surface area (TPSA) is 44.4 Å². The molecule has 0 aromatic heterocycles. The molecule has 2 aliphatic heterocycles. The van der Waals surface area contributed by atoms with Gasteiger partial charge in [0.15, 0.2) is 0 Å². The summed E-state index contributed by atoms with van der Waals surface area (Å²) in [5, 5.41) is 6.51. The summed E-state index contributed by atoms with van der Waals surface area (Å²) in [4.78, 5) is 14.2. The lowest BCUT2D eigenvalue weighted by molar-refractivity contribution is 0.220. The van der Waals surface area contributed by atoms with Crippen molar-refractivity contribution in [1.29, 1.82) is 0 Å². The second-order valence-corrected chi connectivity index (χ2v) is 5.67. The van der Waals surface area contributed by atoms with Crippen LogP contribution >= 0.6 is 0 Å². The van der Waals surface area contributed by atoms with Gasteiger partial charge in [0.25, 0.3) is 0 Å². The summed E-state index contributed by atoms with van der Waals surface area (Å²) in [5.74, 6) is 0.636. The Morgan fingerprint density at radius 1 is 1.42 bits per heavy atom. The number of aryl methyl sites for hydroxylation is 1. The van der Waals surface area contributed by atoms with Crippen LogP contribution in [0.25, 0.3) is 0 Å². The van der Waals surface area contributed by atoms with Crippen LogP contribution in [0.1, 0.15) is 18.4 Å². The molecule has 1 aromatic carbocycles. The van der Waals surface area contributed by atoms with Gasteiger partial charge in [-0.25, -0.2) is 4.79 Å². The van der Waals surface area contributed by atoms with Crippen molar-refractivity contribution in [1.82, 2.24) is 10.2 Å². The number of hydrogen-bond acceptors (Lipinski definition) is 2. The van der Waals surface area contributed by atoms with Gasteiger partial charge in [-0.1, -0.05) is 12.1 Å². The molecule has 2 amide bonds. The number of benzene rings is 1. The molecule has 2 aliphatic rings. The largest absolute Gasteiger partial charge is 0.323 e. The van der Waals surface area contributed by atoms with E-state index in [0.29, 0.717) is 12.0 Å². The Morgan fingerprint density at radius 2 is 2.32 bits per heavy atom. The SMILES string of the molecule is Cc1cccc(NC(=O)N2C[C@@H]3CCCN[C@@H]3C2)c1. The van der Waals surface area contributed by atoms with Crippen molar-refractivity contribution in [3.8, 4) is 0 Å². The quantitative estimate of drug-likeness (QED) is 0.812. The molecule has 4 heteroatoms. The van der Waals surface area contributed by atoms with E-state index in [1.165, 1.54) is 12.8 Å². The smallest absolute Gasteiger partial charge is 0.321 e. The summed E-state index contributed by atoms with van der Waals surface area (Å²) in [6.07, 6.45) is 2.47. The van der Waals surface area contributed by atoms with Crippen molar-refractivity contribution in [2.75, 3.05) is 25.0 Å². The maximum absolute atomic E-state index is 12.3. The van der Waals surface area contributed by atoms with E-state index in [2.05, 4.69) is 10.6 Å². The monoisotopic (exact) mass is 259 g/mol. The van der Waals surface area contributed by atoms with Gasteiger partial charge in [0, 0.05) is 24.8 Å². The lowest BCUT2D eigenvalue weighted by Crippen LogP contribution is -2.41. The van der Waals surface area contributed by atoms with Crippen LogP contribution in [0.15, 0.2) is 24.3 Å². The predicted molar refractivity (Wildman–Crippen MR) is 76.3 cm³/mol. The highest BCUT2D eigenvalue weighted by Crippen LogP contribution is 2.25. The van der Waals surface area contributed by atoms with Gasteiger partial charge in [-0.2, -0.15) is 0 Å². The molecule has 0 radical (unpaired) electrons. The molecule has 2 saturated heterocycles. The Balaban J connectivity index is 1.62. The van der Waals surface area contributed by atoms with Crippen molar-refractivity contribution in [2.24, 2.45) is 5.92 Å². The zero-order valence-electron chi connectivity index (χ0n) is 11.4. The number of likely N-dealkylation sites (tertiary alicyclic amines) is 1. The lowest BCUT2D eigenvalue weighted by Gasteiger charge is -2.24. The van der Waals surface area contributed by atoms with Gasteiger partial charge in [-0.15, -0.1) is 0 Å². The highest BCUT2D eigenvalue weighted by atomic mass is 16.2. The summed E-state index contributed by atoms with van der Waals surface area (Å²) in [7, 11) is 0. The molecular weight excluding hydrogens is 238 g/mol. The first-order chi connectivity index (χ1) is 9.22. The fourth-order valence-corrected chi connectivity index (χ4v) is 3.14. The number of piperidine rings is 1. The number of hydrogen-bond donors (Lipinski definition) is 2. The first-order valence-electron chi connectivity index (χ1n) is 7.08. The van der Waals surface area contributed by atoms with Crippen LogP contribution in [-0.4, -0.2) is 36.6 Å². The Kier molecular flexibility index (Phi) is 3.42. The number of fused-ring (bicyclic) bond motifs is 1. The summed E-state index contributed by atoms with van der Waals surface area (Å²) >= 11 is 0. The third kappa shape index (κ3) is 2.73. The maximum Gasteiger partial charge on any atom is 0.321 e. The highest BCUT2D eigenvalue weighted by Gasteiger charge is 2.36. The third-order valence-electron chi connectivity index (χ3n) is 4.16. The van der Waals surface area contributed by atoms with E-state index >= 15 is 0 Å². The molecule has 19 heavy (non-hydrogen) atoms. The van der Waals surface area contributed by atoms with Gasteiger partial charge in [0.2, 0.25) is 0 Å². The van der Waals surface area contributed by atoms with Crippen molar-refractivity contribution >= 4 is 11.7 Å². The zero-order valence-corrected chi connectivity index (χ0v) is 11.4. The molecule has 4 nitrogen and oxygen atoms in total. The van der Waals surface area contributed by atoms with E-state index in [-0.39, 0.29) is 6.03 Å². The third-order valence-corrected chi connectivity index (χ3v) is 4.16. The minimum Gasteiger partial charge on any atom is -0.323 e. The zero-order chi connectivity index (χ0) is 13.2. The van der Waals surface area contributed by atoms with E-state index in [4.69, 9.17) is 0 Å². The summed E-state index contributed by atoms with van der Waals surface area (Å²) in [6, 6.07) is 8.46. The van der Waals surface area contributed by atoms with E-state index in [9.17, 15) is 4.79 Å². The summed E-state index contributed by atoms with van der Waals surface area (Å²) < 4.78 is 0. The Hall–Kier alpha value is -1.55. The van der Waals surface area contributed by atoms with E-state index in [1.807, 2.05) is 36.1 Å². The standard InChI is InChI=1S/C15H21N3O/c1-11-4-2-6-13(8-11)17-15(19)18-9-12-5-3-7-16-14(12)10-18/h2,4,6,8,12,14,16H,3,5,7,9-10H2,1H3,(H,17,19)/t12-,14+/m0/s1. The van der Waals surface area contributed by atoms with Gasteiger partial charge in [0.1, 0.15) is 0 Å². The van der Waals surface area contributed by atoms with Crippen LogP contribution in [0.3, 0.4) is 0 Å². The number of nitrogens with one attached hydrogen (secondary N) is 2. The molecule has 102 valence electrons. The van der Waals surface area contributed by atoms with Gasteiger partial charge >= 0.3 is 6.03 Å². The number of rotatable bonds is 1. The minimum atomic E-state index is 0.0294. The van der Waals surface area contributed by atoms with Gasteiger partial charge in [-0.05, 0) is 49.9 Å². The number of carbonyl (C=O) groups excluding carboxylic acids is 1. The predicted octanol–water partition coefficient (Wildman–Crippen LogP) is 2.21. The number of amides is 2. The van der Waals surface area contributed by atoms with Crippen LogP contribution in [0.5, 0.6) is 0 Å². The van der Waals surface area contributed by atoms with Crippen molar-refractivity contribution in [2.45, 2.75) is 25.8 Å². The molecular formula is C15H21N3O. The molecule has 0 spiro atoms. The van der Waals surface area contributed by atoms with Crippen LogP contribution < -0.4 is 10.6 Å². The molecule has 1 aromatic rings. The molecule has 0 unspecified atom stereocenters. The number of nitrogens with zero attached hydrogens (tertiary/aromatic N) is 1. The van der Waals surface area contributed by atoms with E-state index < -0.39 is 0 Å². The van der Waals surface area contributed by atoms with Gasteiger partial charge in [0.05, 0.1) is 0 Å². The van der Waals surface area contributed by atoms with Gasteiger partial charge in [-0.3, -0.25) is 0 Å². The first kappa shape index (κ1) is 12.5. The number of anilines is 1. The molecule has 0 saturated carbocycles. The maximum atomic E-state index is 12.3. The first-order valence-corrected chi connectivity index (χ1v) is 7.08. The Morgan fingerprint density at radius 3 is 3.11 bits per heavy atom. The van der Waals surface area contributed by atoms with Gasteiger partial charge < -0.3 is 15.5 Å². The van der Waals surface area contributed by atoms with E-state index in [0.717, 1.165) is 30.9 Å².